The van der Waals surface area contributed by atoms with Gasteiger partial charge in [-0.15, -0.1) is 0 Å². The van der Waals surface area contributed by atoms with Crippen LogP contribution >= 0.6 is 11.6 Å². The molecule has 0 aliphatic heterocycles. The number of aromatic nitrogens is 2. The van der Waals surface area contributed by atoms with Crippen LogP contribution in [-0.2, 0) is 12.8 Å². The van der Waals surface area contributed by atoms with Gasteiger partial charge in [-0.05, 0) is 25.0 Å². The molecule has 2 heterocycles. The first-order valence-corrected chi connectivity index (χ1v) is 8.31. The molecule has 0 fully saturated rings. The molecule has 3 nitrogen and oxygen atoms in total. The Labute approximate surface area is 140 Å². The first-order valence-electron chi connectivity index (χ1n) is 7.93. The van der Waals surface area contributed by atoms with Crippen molar-refractivity contribution < 1.29 is 4.42 Å². The van der Waals surface area contributed by atoms with Crippen molar-refractivity contribution >= 4 is 17.2 Å². The van der Waals surface area contributed by atoms with Crippen molar-refractivity contribution in [2.75, 3.05) is 0 Å². The zero-order chi connectivity index (χ0) is 15.6. The Morgan fingerprint density at radius 3 is 3.00 bits per heavy atom. The van der Waals surface area contributed by atoms with Crippen LogP contribution in [0.15, 0.2) is 53.1 Å². The monoisotopic (exact) mass is 324 g/mol. The molecule has 0 amide bonds. The molecule has 0 radical (unpaired) electrons. The van der Waals surface area contributed by atoms with Crippen LogP contribution in [0.2, 0.25) is 5.02 Å². The van der Waals surface area contributed by atoms with Crippen molar-refractivity contribution in [2.45, 2.75) is 31.6 Å². The summed E-state index contributed by atoms with van der Waals surface area (Å²) >= 11 is 6.26. The average molecular weight is 325 g/mol. The Hall–Kier alpha value is -2.13. The third-order valence-corrected chi connectivity index (χ3v) is 4.65. The summed E-state index contributed by atoms with van der Waals surface area (Å²) in [5, 5.41) is 0.725. The molecule has 116 valence electrons. The van der Waals surface area contributed by atoms with Crippen LogP contribution < -0.4 is 0 Å². The van der Waals surface area contributed by atoms with E-state index in [9.17, 15) is 0 Å². The number of fused-ring (bicyclic) bond motifs is 1. The number of hydrogen-bond acceptors (Lipinski definition) is 3. The molecule has 1 unspecified atom stereocenters. The molecule has 2 aliphatic rings. The van der Waals surface area contributed by atoms with Crippen molar-refractivity contribution in [2.24, 2.45) is 0 Å². The summed E-state index contributed by atoms with van der Waals surface area (Å²) in [6.07, 6.45) is 15.8. The molecule has 1 atom stereocenters. The van der Waals surface area contributed by atoms with E-state index in [4.69, 9.17) is 21.0 Å². The van der Waals surface area contributed by atoms with Gasteiger partial charge in [-0.1, -0.05) is 42.0 Å². The molecule has 23 heavy (non-hydrogen) atoms. The molecule has 2 aromatic heterocycles. The lowest BCUT2D eigenvalue weighted by Gasteiger charge is -2.10. The number of hydrogen-bond donors (Lipinski definition) is 0. The van der Waals surface area contributed by atoms with Crippen molar-refractivity contribution in [1.29, 1.82) is 0 Å². The lowest BCUT2D eigenvalue weighted by molar-refractivity contribution is 0.482. The fourth-order valence-electron chi connectivity index (χ4n) is 3.17. The summed E-state index contributed by atoms with van der Waals surface area (Å²) in [5.41, 5.74) is 3.16. The van der Waals surface area contributed by atoms with Crippen molar-refractivity contribution in [3.63, 3.8) is 0 Å². The number of pyridine rings is 1. The lowest BCUT2D eigenvalue weighted by atomic mass is 10.0. The van der Waals surface area contributed by atoms with E-state index in [1.807, 2.05) is 24.3 Å². The van der Waals surface area contributed by atoms with E-state index < -0.39 is 0 Å². The quantitative estimate of drug-likeness (QED) is 0.789. The van der Waals surface area contributed by atoms with E-state index in [0.29, 0.717) is 0 Å². The Balaban J connectivity index is 1.56. The minimum Gasteiger partial charge on any atom is -0.441 e. The number of halogens is 1. The standard InChI is InChI=1S/C19H17ClN2O/c20-15-9-6-10-21-18(15)14-11-16-17(12-14)23-19(22-16)13-7-4-2-1-3-5-8-13/h1-4,6-7,9-10,14H,5,8,11-12H2. The molecule has 0 bridgehead atoms. The average Bonchev–Trinajstić information content (AvgIpc) is 3.06. The molecular weight excluding hydrogens is 308 g/mol. The second-order valence-electron chi connectivity index (χ2n) is 5.91. The van der Waals surface area contributed by atoms with Gasteiger partial charge in [-0.25, -0.2) is 4.98 Å². The first-order chi connectivity index (χ1) is 11.3. The van der Waals surface area contributed by atoms with Gasteiger partial charge in [-0.2, -0.15) is 0 Å². The van der Waals surface area contributed by atoms with Gasteiger partial charge in [0.2, 0.25) is 5.89 Å². The fourth-order valence-corrected chi connectivity index (χ4v) is 3.45. The normalized spacial score (nSPS) is 20.0. The molecule has 0 N–H and O–H groups in total. The highest BCUT2D eigenvalue weighted by Crippen LogP contribution is 2.37. The van der Waals surface area contributed by atoms with Gasteiger partial charge in [0.05, 0.1) is 16.4 Å². The van der Waals surface area contributed by atoms with Gasteiger partial charge < -0.3 is 4.42 Å². The zero-order valence-electron chi connectivity index (χ0n) is 12.7. The maximum atomic E-state index is 6.26. The Morgan fingerprint density at radius 1 is 1.17 bits per heavy atom. The molecule has 0 aromatic carbocycles. The van der Waals surface area contributed by atoms with Crippen LogP contribution in [0.25, 0.3) is 5.57 Å². The number of nitrogens with zero attached hydrogens (tertiary/aromatic N) is 2. The Kier molecular flexibility index (Phi) is 3.88. The molecule has 2 aliphatic carbocycles. The van der Waals surface area contributed by atoms with E-state index in [2.05, 4.69) is 23.2 Å². The molecule has 0 spiro atoms. The van der Waals surface area contributed by atoms with Gasteiger partial charge in [-0.3, -0.25) is 4.98 Å². The number of rotatable bonds is 2. The van der Waals surface area contributed by atoms with Gasteiger partial charge in [0.25, 0.3) is 0 Å². The van der Waals surface area contributed by atoms with Crippen LogP contribution in [0.3, 0.4) is 0 Å². The van der Waals surface area contributed by atoms with Crippen LogP contribution in [0.5, 0.6) is 0 Å². The van der Waals surface area contributed by atoms with Gasteiger partial charge >= 0.3 is 0 Å². The minimum absolute atomic E-state index is 0.271. The summed E-state index contributed by atoms with van der Waals surface area (Å²) in [4.78, 5) is 9.16. The molecule has 0 saturated heterocycles. The third kappa shape index (κ3) is 2.89. The van der Waals surface area contributed by atoms with E-state index in [1.54, 1.807) is 6.20 Å². The molecule has 4 heteroatoms. The highest BCUT2D eigenvalue weighted by atomic mass is 35.5. The zero-order valence-corrected chi connectivity index (χ0v) is 13.5. The van der Waals surface area contributed by atoms with Crippen LogP contribution in [0.4, 0.5) is 0 Å². The lowest BCUT2D eigenvalue weighted by Crippen LogP contribution is -2.02. The summed E-state index contributed by atoms with van der Waals surface area (Å²) < 4.78 is 6.05. The maximum absolute atomic E-state index is 6.26. The molecule has 2 aromatic rings. The van der Waals surface area contributed by atoms with Gasteiger partial charge in [0, 0.05) is 30.5 Å². The van der Waals surface area contributed by atoms with Crippen molar-refractivity contribution in [3.8, 4) is 0 Å². The SMILES string of the molecule is Clc1cccnc1C1Cc2nc(C3=CC=CC=CCC3)oc2C1. The molecule has 4 rings (SSSR count). The van der Waals surface area contributed by atoms with Gasteiger partial charge in [0.1, 0.15) is 5.76 Å². The van der Waals surface area contributed by atoms with E-state index in [1.165, 1.54) is 0 Å². The second-order valence-corrected chi connectivity index (χ2v) is 6.32. The summed E-state index contributed by atoms with van der Waals surface area (Å²) in [7, 11) is 0. The number of oxazole rings is 1. The highest BCUT2D eigenvalue weighted by molar-refractivity contribution is 6.31. The summed E-state index contributed by atoms with van der Waals surface area (Å²) in [6, 6.07) is 3.75. The Morgan fingerprint density at radius 2 is 2.13 bits per heavy atom. The second kappa shape index (κ2) is 6.17. The topological polar surface area (TPSA) is 38.9 Å². The predicted octanol–water partition coefficient (Wildman–Crippen LogP) is 4.90. The minimum atomic E-state index is 0.271. The largest absolute Gasteiger partial charge is 0.441 e. The van der Waals surface area contributed by atoms with Crippen LogP contribution in [-0.4, -0.2) is 9.97 Å². The van der Waals surface area contributed by atoms with Crippen LogP contribution in [0, 0.1) is 0 Å². The van der Waals surface area contributed by atoms with Crippen LogP contribution in [0.1, 0.15) is 41.8 Å². The summed E-state index contributed by atoms with van der Waals surface area (Å²) in [5.74, 6) is 2.02. The van der Waals surface area contributed by atoms with E-state index in [0.717, 1.165) is 59.3 Å². The van der Waals surface area contributed by atoms with E-state index in [-0.39, 0.29) is 5.92 Å². The molecular formula is C19H17ClN2O. The predicted molar refractivity (Wildman–Crippen MR) is 91.4 cm³/mol. The first kappa shape index (κ1) is 14.5. The maximum Gasteiger partial charge on any atom is 0.222 e. The highest BCUT2D eigenvalue weighted by Gasteiger charge is 2.31. The number of allylic oxidation sites excluding steroid dienone is 6. The third-order valence-electron chi connectivity index (χ3n) is 4.33. The molecule has 0 saturated carbocycles. The Bertz CT molecular complexity index is 793. The summed E-state index contributed by atoms with van der Waals surface area (Å²) in [6.45, 7) is 0. The fraction of sp³-hybridized carbons (Fsp3) is 0.263. The van der Waals surface area contributed by atoms with Crippen molar-refractivity contribution in [3.05, 3.63) is 76.8 Å². The van der Waals surface area contributed by atoms with E-state index >= 15 is 0 Å². The van der Waals surface area contributed by atoms with Gasteiger partial charge in [0.15, 0.2) is 0 Å². The van der Waals surface area contributed by atoms with Crippen molar-refractivity contribution in [1.82, 2.24) is 9.97 Å². The smallest absolute Gasteiger partial charge is 0.222 e.